The Labute approximate surface area is 245 Å². The first-order valence-electron chi connectivity index (χ1n) is 15.1. The number of carboxylic acids is 1. The molecule has 2 fully saturated rings. The van der Waals surface area contributed by atoms with Gasteiger partial charge in [-0.25, -0.2) is 9.78 Å². The number of Topliss-reactive ketones (excluding diaryl/α,β-unsaturated/α-hetero) is 2. The van der Waals surface area contributed by atoms with Gasteiger partial charge < -0.3 is 9.67 Å². The van der Waals surface area contributed by atoms with Gasteiger partial charge in [-0.2, -0.15) is 10.2 Å². The molecule has 0 amide bonds. The summed E-state index contributed by atoms with van der Waals surface area (Å²) in [5.41, 5.74) is 5.61. The van der Waals surface area contributed by atoms with Crippen molar-refractivity contribution in [3.05, 3.63) is 76.9 Å². The number of aromatic nitrogens is 4. The van der Waals surface area contributed by atoms with Crippen LogP contribution in [0.3, 0.4) is 0 Å². The molecule has 2 aliphatic rings. The number of benzene rings is 2. The molecule has 2 aromatic heterocycles. The maximum Gasteiger partial charge on any atom is 0.336 e. The molecule has 6 rings (SSSR count). The quantitative estimate of drug-likeness (QED) is 0.262. The van der Waals surface area contributed by atoms with Crippen LogP contribution >= 0.6 is 0 Å². The van der Waals surface area contributed by atoms with E-state index in [0.29, 0.717) is 41.9 Å². The Kier molecular flexibility index (Phi) is 7.71. The summed E-state index contributed by atoms with van der Waals surface area (Å²) in [6.07, 6.45) is 6.31. The second kappa shape index (κ2) is 11.6. The van der Waals surface area contributed by atoms with E-state index in [-0.39, 0.29) is 34.9 Å². The van der Waals surface area contributed by atoms with Gasteiger partial charge in [0, 0.05) is 25.3 Å². The van der Waals surface area contributed by atoms with Crippen molar-refractivity contribution in [3.8, 4) is 11.1 Å². The summed E-state index contributed by atoms with van der Waals surface area (Å²) >= 11 is 0. The van der Waals surface area contributed by atoms with Crippen molar-refractivity contribution in [3.63, 3.8) is 0 Å². The third-order valence-electron chi connectivity index (χ3n) is 8.80. The Morgan fingerprint density at radius 3 is 2.12 bits per heavy atom. The highest BCUT2D eigenvalue weighted by Gasteiger charge is 2.34. The molecule has 2 heterocycles. The molecule has 0 saturated heterocycles. The summed E-state index contributed by atoms with van der Waals surface area (Å²) < 4.78 is 2.17. The van der Waals surface area contributed by atoms with Crippen LogP contribution in [0.4, 0.5) is 0 Å². The standard InChI is InChI=1S/C34H36N4O4/c1-20(2)33-35-31-29(25-11-5-7-13-27(25)39)36-37-30(26-12-6-8-14-28(26)40)32(31)38(33)19-21-15-17-22(18-16-21)23-9-3-4-10-24(23)34(41)42/h3-4,9-10,15-18,20,25-26H,5-8,11-14,19H2,1-2H3,(H,41,42). The Bertz CT molecular complexity index is 1670. The second-order valence-corrected chi connectivity index (χ2v) is 12.0. The van der Waals surface area contributed by atoms with E-state index in [1.807, 2.05) is 36.4 Å². The number of hydrogen-bond donors (Lipinski definition) is 1. The van der Waals surface area contributed by atoms with Crippen LogP contribution in [0.5, 0.6) is 0 Å². The average molecular weight is 565 g/mol. The molecule has 216 valence electrons. The molecular weight excluding hydrogens is 528 g/mol. The van der Waals surface area contributed by atoms with Gasteiger partial charge in [0.15, 0.2) is 0 Å². The van der Waals surface area contributed by atoms with Crippen molar-refractivity contribution < 1.29 is 19.5 Å². The van der Waals surface area contributed by atoms with Gasteiger partial charge in [0.2, 0.25) is 0 Å². The number of fused-ring (bicyclic) bond motifs is 1. The first-order valence-corrected chi connectivity index (χ1v) is 15.1. The number of imidazole rings is 1. The molecular formula is C34H36N4O4. The zero-order valence-corrected chi connectivity index (χ0v) is 24.2. The molecule has 42 heavy (non-hydrogen) atoms. The third-order valence-corrected chi connectivity index (χ3v) is 8.80. The van der Waals surface area contributed by atoms with Gasteiger partial charge in [-0.05, 0) is 48.4 Å². The third kappa shape index (κ3) is 5.14. The average Bonchev–Trinajstić information content (AvgIpc) is 3.37. The fraction of sp³-hybridized carbons (Fsp3) is 0.412. The second-order valence-electron chi connectivity index (χ2n) is 12.0. The number of ketones is 2. The molecule has 8 nitrogen and oxygen atoms in total. The van der Waals surface area contributed by atoms with Crippen LogP contribution in [0.25, 0.3) is 22.2 Å². The van der Waals surface area contributed by atoms with Crippen molar-refractivity contribution in [2.45, 2.75) is 89.5 Å². The minimum absolute atomic E-state index is 0.0870. The summed E-state index contributed by atoms with van der Waals surface area (Å²) in [6.45, 7) is 4.70. The van der Waals surface area contributed by atoms with Crippen molar-refractivity contribution >= 4 is 28.6 Å². The highest BCUT2D eigenvalue weighted by molar-refractivity contribution is 5.96. The monoisotopic (exact) mass is 564 g/mol. The number of carboxylic acid groups (broad SMARTS) is 1. The van der Waals surface area contributed by atoms with Gasteiger partial charge in [0.1, 0.15) is 28.6 Å². The molecule has 2 atom stereocenters. The van der Waals surface area contributed by atoms with E-state index >= 15 is 0 Å². The molecule has 2 unspecified atom stereocenters. The SMILES string of the molecule is CC(C)c1nc2c(C3CCCCC3=O)nnc(C3CCCCC3=O)c2n1Cc1ccc(-c2ccccc2C(=O)O)cc1. The molecule has 0 radical (unpaired) electrons. The van der Waals surface area contributed by atoms with E-state index < -0.39 is 5.97 Å². The minimum Gasteiger partial charge on any atom is -0.478 e. The largest absolute Gasteiger partial charge is 0.478 e. The van der Waals surface area contributed by atoms with Gasteiger partial charge in [0.25, 0.3) is 0 Å². The lowest BCUT2D eigenvalue weighted by Gasteiger charge is -2.23. The molecule has 0 bridgehead atoms. The number of carbonyl (C=O) groups excluding carboxylic acids is 2. The lowest BCUT2D eigenvalue weighted by Crippen LogP contribution is -2.23. The molecule has 2 saturated carbocycles. The van der Waals surface area contributed by atoms with Gasteiger partial charge >= 0.3 is 5.97 Å². The van der Waals surface area contributed by atoms with Crippen LogP contribution in [0.2, 0.25) is 0 Å². The molecule has 1 N–H and O–H groups in total. The minimum atomic E-state index is -0.959. The van der Waals surface area contributed by atoms with E-state index in [0.717, 1.165) is 61.0 Å². The Morgan fingerprint density at radius 1 is 0.881 bits per heavy atom. The fourth-order valence-corrected chi connectivity index (χ4v) is 6.62. The number of nitrogens with zero attached hydrogens (tertiary/aromatic N) is 4. The zero-order valence-electron chi connectivity index (χ0n) is 24.2. The molecule has 0 aliphatic heterocycles. The highest BCUT2D eigenvalue weighted by Crippen LogP contribution is 2.39. The zero-order chi connectivity index (χ0) is 29.4. The van der Waals surface area contributed by atoms with Gasteiger partial charge in [-0.3, -0.25) is 9.59 Å². The predicted octanol–water partition coefficient (Wildman–Crippen LogP) is 6.82. The number of carbonyl (C=O) groups is 3. The maximum absolute atomic E-state index is 13.1. The van der Waals surface area contributed by atoms with Crippen molar-refractivity contribution in [1.29, 1.82) is 0 Å². The van der Waals surface area contributed by atoms with Crippen LogP contribution in [0, 0.1) is 0 Å². The normalized spacial score (nSPS) is 19.5. The summed E-state index contributed by atoms with van der Waals surface area (Å²) in [6, 6.07) is 14.9. The van der Waals surface area contributed by atoms with E-state index in [4.69, 9.17) is 10.1 Å². The van der Waals surface area contributed by atoms with Crippen LogP contribution in [0.1, 0.15) is 116 Å². The topological polar surface area (TPSA) is 115 Å². The van der Waals surface area contributed by atoms with Crippen LogP contribution in [-0.4, -0.2) is 42.4 Å². The van der Waals surface area contributed by atoms with Gasteiger partial charge in [-0.1, -0.05) is 69.2 Å². The molecule has 2 aliphatic carbocycles. The summed E-state index contributed by atoms with van der Waals surface area (Å²) in [4.78, 5) is 43.1. The van der Waals surface area contributed by atoms with Crippen molar-refractivity contribution in [2.24, 2.45) is 0 Å². The van der Waals surface area contributed by atoms with Gasteiger partial charge in [0.05, 0.1) is 28.6 Å². The maximum atomic E-state index is 13.1. The lowest BCUT2D eigenvalue weighted by atomic mass is 9.83. The van der Waals surface area contributed by atoms with Crippen molar-refractivity contribution in [2.75, 3.05) is 0 Å². The summed E-state index contributed by atoms with van der Waals surface area (Å²) in [7, 11) is 0. The van der Waals surface area contributed by atoms with Crippen LogP contribution < -0.4 is 0 Å². The van der Waals surface area contributed by atoms with Crippen LogP contribution in [0.15, 0.2) is 48.5 Å². The fourth-order valence-electron chi connectivity index (χ4n) is 6.62. The summed E-state index contributed by atoms with van der Waals surface area (Å²) in [5.74, 6) is -0.260. The number of aromatic carboxylic acids is 1. The van der Waals surface area contributed by atoms with E-state index in [2.05, 4.69) is 23.5 Å². The van der Waals surface area contributed by atoms with E-state index in [1.165, 1.54) is 0 Å². The molecule has 8 heteroatoms. The lowest BCUT2D eigenvalue weighted by molar-refractivity contribution is -0.122. The summed E-state index contributed by atoms with van der Waals surface area (Å²) in [5, 5.41) is 19.0. The Balaban J connectivity index is 1.48. The highest BCUT2D eigenvalue weighted by atomic mass is 16.4. The van der Waals surface area contributed by atoms with Gasteiger partial charge in [-0.15, -0.1) is 0 Å². The predicted molar refractivity (Wildman–Crippen MR) is 160 cm³/mol. The Hall–Kier alpha value is -4.20. The van der Waals surface area contributed by atoms with E-state index in [9.17, 15) is 19.5 Å². The Morgan fingerprint density at radius 2 is 1.50 bits per heavy atom. The molecule has 4 aromatic rings. The molecule has 2 aromatic carbocycles. The first kappa shape index (κ1) is 27.9. The number of hydrogen-bond acceptors (Lipinski definition) is 6. The van der Waals surface area contributed by atoms with Crippen LogP contribution in [-0.2, 0) is 16.1 Å². The molecule has 0 spiro atoms. The first-order chi connectivity index (χ1) is 20.3. The van der Waals surface area contributed by atoms with Crippen molar-refractivity contribution in [1.82, 2.24) is 19.7 Å². The number of rotatable bonds is 7. The smallest absolute Gasteiger partial charge is 0.336 e. The van der Waals surface area contributed by atoms with E-state index in [1.54, 1.807) is 12.1 Å².